The fourth-order valence-electron chi connectivity index (χ4n) is 1.65. The molecule has 0 radical (unpaired) electrons. The molecule has 0 fully saturated rings. The van der Waals surface area contributed by atoms with E-state index in [1.54, 1.807) is 7.05 Å². The molecule has 18 heavy (non-hydrogen) atoms. The Morgan fingerprint density at radius 1 is 1.17 bits per heavy atom. The summed E-state index contributed by atoms with van der Waals surface area (Å²) in [4.78, 5) is 11.0. The first-order chi connectivity index (χ1) is 8.74. The molecule has 1 unspecified atom stereocenters. The minimum Gasteiger partial charge on any atom is -0.359 e. The van der Waals surface area contributed by atoms with Gasteiger partial charge in [-0.25, -0.2) is 0 Å². The highest BCUT2D eigenvalue weighted by Gasteiger charge is 2.04. The first kappa shape index (κ1) is 19.5. The lowest BCUT2D eigenvalue weighted by atomic mass is 10.1. The van der Waals surface area contributed by atoms with Crippen LogP contribution in [-0.2, 0) is 4.79 Å². The van der Waals surface area contributed by atoms with E-state index in [0.717, 1.165) is 25.9 Å². The molecule has 0 aliphatic carbocycles. The van der Waals surface area contributed by atoms with Crippen LogP contribution in [0.25, 0.3) is 0 Å². The molecule has 1 atom stereocenters. The highest BCUT2D eigenvalue weighted by Crippen LogP contribution is 2.05. The zero-order chi connectivity index (χ0) is 14.2. The van der Waals surface area contributed by atoms with Crippen LogP contribution in [0.4, 0.5) is 0 Å². The Balaban J connectivity index is 0. The molecular weight excluding hydrogens is 226 g/mol. The Morgan fingerprint density at radius 3 is 2.33 bits per heavy atom. The molecule has 0 aromatic carbocycles. The summed E-state index contributed by atoms with van der Waals surface area (Å²) in [6.45, 7) is 10.2. The summed E-state index contributed by atoms with van der Waals surface area (Å²) in [6.07, 6.45) is 5.16. The molecule has 4 nitrogen and oxygen atoms in total. The van der Waals surface area contributed by atoms with Crippen molar-refractivity contribution in [1.29, 1.82) is 0 Å². The van der Waals surface area contributed by atoms with Gasteiger partial charge >= 0.3 is 0 Å². The predicted molar refractivity (Wildman–Crippen MR) is 79.8 cm³/mol. The van der Waals surface area contributed by atoms with E-state index in [1.807, 2.05) is 7.05 Å². The molecule has 0 heterocycles. The van der Waals surface area contributed by atoms with Gasteiger partial charge in [0.15, 0.2) is 0 Å². The topological polar surface area (TPSA) is 53.2 Å². The summed E-state index contributed by atoms with van der Waals surface area (Å²) >= 11 is 0. The molecule has 3 N–H and O–H groups in total. The third-order valence-corrected chi connectivity index (χ3v) is 2.78. The van der Waals surface area contributed by atoms with Gasteiger partial charge in [0.1, 0.15) is 0 Å². The number of unbranched alkanes of at least 4 members (excludes halogenated alkanes) is 2. The average Bonchev–Trinajstić information content (AvgIpc) is 2.43. The normalized spacial score (nSPS) is 11.3. The number of carbonyl (C=O) groups excluding carboxylic acids is 1. The van der Waals surface area contributed by atoms with Gasteiger partial charge < -0.3 is 16.0 Å². The number of amides is 1. The fraction of sp³-hybridized carbons (Fsp3) is 0.786. The molecule has 0 saturated heterocycles. The molecule has 0 aliphatic heterocycles. The summed E-state index contributed by atoms with van der Waals surface area (Å²) in [7, 11) is 3.70. The van der Waals surface area contributed by atoms with E-state index in [2.05, 4.69) is 36.0 Å². The monoisotopic (exact) mass is 257 g/mol. The summed E-state index contributed by atoms with van der Waals surface area (Å²) < 4.78 is 0. The van der Waals surface area contributed by atoms with Gasteiger partial charge in [0.25, 0.3) is 0 Å². The lowest BCUT2D eigenvalue weighted by Crippen LogP contribution is -2.36. The minimum absolute atomic E-state index is 0.151. The molecule has 0 saturated carbocycles. The van der Waals surface area contributed by atoms with Crippen LogP contribution in [0.1, 0.15) is 39.0 Å². The number of nitrogens with one attached hydrogen (secondary N) is 3. The maximum Gasteiger partial charge on any atom is 0.219 e. The van der Waals surface area contributed by atoms with E-state index in [1.165, 1.54) is 12.8 Å². The quantitative estimate of drug-likeness (QED) is 0.412. The van der Waals surface area contributed by atoms with Gasteiger partial charge in [-0.2, -0.15) is 0 Å². The molecule has 4 heteroatoms. The van der Waals surface area contributed by atoms with Gasteiger partial charge in [0.05, 0.1) is 0 Å². The van der Waals surface area contributed by atoms with Crippen molar-refractivity contribution in [1.82, 2.24) is 16.0 Å². The van der Waals surface area contributed by atoms with Crippen molar-refractivity contribution in [2.24, 2.45) is 0 Å². The summed E-state index contributed by atoms with van der Waals surface area (Å²) in [5, 5.41) is 9.29. The van der Waals surface area contributed by atoms with E-state index < -0.39 is 0 Å². The van der Waals surface area contributed by atoms with Crippen LogP contribution in [0.5, 0.6) is 0 Å². The molecular formula is C14H31N3O. The molecule has 1 amide bonds. The zero-order valence-electron chi connectivity index (χ0n) is 12.3. The van der Waals surface area contributed by atoms with Crippen LogP contribution in [0.2, 0.25) is 0 Å². The molecule has 0 rings (SSSR count). The second kappa shape index (κ2) is 16.1. The Bertz CT molecular complexity index is 186. The van der Waals surface area contributed by atoms with Crippen LogP contribution >= 0.6 is 0 Å². The highest BCUT2D eigenvalue weighted by molar-refractivity contribution is 5.75. The van der Waals surface area contributed by atoms with Gasteiger partial charge in [-0.3, -0.25) is 4.79 Å². The fourth-order valence-corrected chi connectivity index (χ4v) is 1.65. The SMILES string of the molecule is C=C.CCNCC(CCCCCC(=O)NC)NC. The van der Waals surface area contributed by atoms with Gasteiger partial charge in [0, 0.05) is 26.1 Å². The number of hydrogen-bond donors (Lipinski definition) is 3. The smallest absolute Gasteiger partial charge is 0.219 e. The Kier molecular flexibility index (Phi) is 17.4. The van der Waals surface area contributed by atoms with Crippen molar-refractivity contribution in [3.8, 4) is 0 Å². The number of likely N-dealkylation sites (N-methyl/N-ethyl adjacent to an activating group) is 2. The molecule has 108 valence electrons. The first-order valence-corrected chi connectivity index (χ1v) is 6.83. The third-order valence-electron chi connectivity index (χ3n) is 2.78. The minimum atomic E-state index is 0.151. The number of carbonyl (C=O) groups is 1. The van der Waals surface area contributed by atoms with Crippen LogP contribution < -0.4 is 16.0 Å². The Hall–Kier alpha value is -0.870. The van der Waals surface area contributed by atoms with Gasteiger partial charge in [-0.15, -0.1) is 13.2 Å². The van der Waals surface area contributed by atoms with Crippen molar-refractivity contribution >= 4 is 5.91 Å². The second-order valence-corrected chi connectivity index (χ2v) is 4.07. The van der Waals surface area contributed by atoms with Crippen molar-refractivity contribution < 1.29 is 4.79 Å². The molecule has 0 aromatic heterocycles. The first-order valence-electron chi connectivity index (χ1n) is 6.83. The van der Waals surface area contributed by atoms with Gasteiger partial charge in [0.2, 0.25) is 5.91 Å². The Labute approximate surface area is 113 Å². The molecule has 0 aromatic rings. The highest BCUT2D eigenvalue weighted by atomic mass is 16.1. The van der Waals surface area contributed by atoms with Crippen molar-refractivity contribution in [2.45, 2.75) is 45.1 Å². The Morgan fingerprint density at radius 2 is 1.83 bits per heavy atom. The predicted octanol–water partition coefficient (Wildman–Crippen LogP) is 1.68. The summed E-state index contributed by atoms with van der Waals surface area (Å²) in [5.41, 5.74) is 0. The molecule has 0 spiro atoms. The maximum absolute atomic E-state index is 11.0. The van der Waals surface area contributed by atoms with Crippen LogP contribution in [0, 0.1) is 0 Å². The number of rotatable bonds is 10. The third kappa shape index (κ3) is 13.2. The molecule has 0 bridgehead atoms. The summed E-state index contributed by atoms with van der Waals surface area (Å²) in [6, 6.07) is 0.556. The van der Waals surface area contributed by atoms with Gasteiger partial charge in [-0.05, 0) is 26.4 Å². The lowest BCUT2D eigenvalue weighted by molar-refractivity contribution is -0.120. The lowest BCUT2D eigenvalue weighted by Gasteiger charge is -2.16. The van der Waals surface area contributed by atoms with Crippen molar-refractivity contribution in [3.05, 3.63) is 13.2 Å². The zero-order valence-corrected chi connectivity index (χ0v) is 12.3. The van der Waals surface area contributed by atoms with E-state index in [4.69, 9.17) is 0 Å². The average molecular weight is 257 g/mol. The number of hydrogen-bond acceptors (Lipinski definition) is 3. The van der Waals surface area contributed by atoms with Crippen LogP contribution in [0.3, 0.4) is 0 Å². The van der Waals surface area contributed by atoms with Crippen molar-refractivity contribution in [2.75, 3.05) is 27.2 Å². The van der Waals surface area contributed by atoms with Crippen LogP contribution in [0.15, 0.2) is 13.2 Å². The second-order valence-electron chi connectivity index (χ2n) is 4.07. The van der Waals surface area contributed by atoms with E-state index in [9.17, 15) is 4.79 Å². The summed E-state index contributed by atoms with van der Waals surface area (Å²) in [5.74, 6) is 0.151. The van der Waals surface area contributed by atoms with Crippen LogP contribution in [-0.4, -0.2) is 39.1 Å². The van der Waals surface area contributed by atoms with Gasteiger partial charge in [-0.1, -0.05) is 19.8 Å². The standard InChI is InChI=1S/C12H27N3O.C2H4/c1-4-15-10-11(13-2)8-6-5-7-9-12(16)14-3;1-2/h11,13,15H,4-10H2,1-3H3,(H,14,16);1-2H2. The van der Waals surface area contributed by atoms with E-state index >= 15 is 0 Å². The maximum atomic E-state index is 11.0. The largest absolute Gasteiger partial charge is 0.359 e. The van der Waals surface area contributed by atoms with Crippen molar-refractivity contribution in [3.63, 3.8) is 0 Å². The molecule has 0 aliphatic rings. The van der Waals surface area contributed by atoms with E-state index in [0.29, 0.717) is 12.5 Å². The van der Waals surface area contributed by atoms with E-state index in [-0.39, 0.29) is 5.91 Å².